The molecule has 0 aliphatic heterocycles. The first-order chi connectivity index (χ1) is 31.7. The second-order valence-electron chi connectivity index (χ2n) is 16.7. The summed E-state index contributed by atoms with van der Waals surface area (Å²) in [5.74, 6) is -2.53. The third-order valence-corrected chi connectivity index (χ3v) is 9.51. The van der Waals surface area contributed by atoms with E-state index in [9.17, 15) is 33.6 Å². The molecular formula is C47H79N5O14. The first-order valence-electron chi connectivity index (χ1n) is 23.5. The number of aliphatic carboxylic acids is 1. The standard InChI is InChI=1S/C47H79N5O14/c1-47(2,3)66-45(59)39(52-41(54)21-17-12-10-8-6-4-5-7-9-11-13-18-22-44(57)58)23-24-40(53)49-27-29-61-31-34-64-37-43(56)50-28-30-62-32-33-63-36-42(55)48-25-26-51-46(60)65-35-38-19-15-14-16-20-38/h14-16,19-20,39H,4-13,17-18,21-37H2,1-3H3,(H,48,55)(H,49,53)(H,50,56)(H,51,60)(H,52,54)(H,57,58)/t39-/m0/s1. The summed E-state index contributed by atoms with van der Waals surface area (Å²) < 4.78 is 32.0. The molecule has 1 aromatic rings. The smallest absolute Gasteiger partial charge is 0.407 e. The Kier molecular flexibility index (Phi) is 35.3. The summed E-state index contributed by atoms with van der Waals surface area (Å²) in [5.41, 5.74) is 0.119. The summed E-state index contributed by atoms with van der Waals surface area (Å²) in [4.78, 5) is 84.2. The minimum atomic E-state index is -0.947. The van der Waals surface area contributed by atoms with Crippen LogP contribution in [0.1, 0.15) is 129 Å². The number of rotatable bonds is 41. The molecule has 0 saturated carbocycles. The van der Waals surface area contributed by atoms with Crippen LogP contribution in [-0.2, 0) is 63.8 Å². The van der Waals surface area contributed by atoms with E-state index in [1.807, 2.05) is 30.3 Å². The molecular weight excluding hydrogens is 859 g/mol. The number of amides is 5. The molecule has 1 rings (SSSR count). The van der Waals surface area contributed by atoms with Crippen LogP contribution in [-0.4, -0.2) is 137 Å². The van der Waals surface area contributed by atoms with Gasteiger partial charge in [0.2, 0.25) is 23.6 Å². The number of carbonyl (C=O) groups excluding carboxylic acids is 6. The molecule has 0 spiro atoms. The molecule has 0 unspecified atom stereocenters. The van der Waals surface area contributed by atoms with Crippen LogP contribution in [0.5, 0.6) is 0 Å². The fourth-order valence-electron chi connectivity index (χ4n) is 6.12. The number of alkyl carbamates (subject to hydrolysis) is 1. The van der Waals surface area contributed by atoms with Crippen LogP contribution in [0.25, 0.3) is 0 Å². The van der Waals surface area contributed by atoms with Crippen LogP contribution in [0, 0.1) is 0 Å². The van der Waals surface area contributed by atoms with Crippen LogP contribution < -0.4 is 26.6 Å². The highest BCUT2D eigenvalue weighted by Crippen LogP contribution is 2.14. The largest absolute Gasteiger partial charge is 0.481 e. The number of nitrogens with one attached hydrogen (secondary N) is 5. The molecule has 0 bridgehead atoms. The van der Waals surface area contributed by atoms with Crippen LogP contribution in [0.15, 0.2) is 30.3 Å². The molecule has 5 amide bonds. The zero-order valence-electron chi connectivity index (χ0n) is 39.7. The molecule has 376 valence electrons. The highest BCUT2D eigenvalue weighted by molar-refractivity contribution is 5.85. The van der Waals surface area contributed by atoms with Crippen LogP contribution >= 0.6 is 0 Å². The van der Waals surface area contributed by atoms with Crippen molar-refractivity contribution in [3.05, 3.63) is 35.9 Å². The molecule has 1 atom stereocenters. The summed E-state index contributed by atoms with van der Waals surface area (Å²) in [6.45, 7) is 7.19. The summed E-state index contributed by atoms with van der Waals surface area (Å²) in [6.07, 6.45) is 12.5. The normalized spacial score (nSPS) is 11.6. The highest BCUT2D eigenvalue weighted by Gasteiger charge is 2.27. The summed E-state index contributed by atoms with van der Waals surface area (Å²) in [7, 11) is 0. The van der Waals surface area contributed by atoms with Gasteiger partial charge in [0.25, 0.3) is 0 Å². The van der Waals surface area contributed by atoms with E-state index in [1.54, 1.807) is 20.8 Å². The van der Waals surface area contributed by atoms with Crippen molar-refractivity contribution in [2.45, 2.75) is 142 Å². The average molecular weight is 938 g/mol. The zero-order chi connectivity index (χ0) is 48.5. The molecule has 19 nitrogen and oxygen atoms in total. The maximum absolute atomic E-state index is 12.9. The van der Waals surface area contributed by atoms with E-state index in [1.165, 1.54) is 19.3 Å². The second-order valence-corrected chi connectivity index (χ2v) is 16.7. The van der Waals surface area contributed by atoms with Gasteiger partial charge in [-0.3, -0.25) is 24.0 Å². The molecule has 0 aliphatic rings. The van der Waals surface area contributed by atoms with Crippen molar-refractivity contribution in [1.82, 2.24) is 26.6 Å². The highest BCUT2D eigenvalue weighted by atomic mass is 16.6. The lowest BCUT2D eigenvalue weighted by Gasteiger charge is -2.24. The molecule has 0 saturated heterocycles. The number of carboxylic acid groups (broad SMARTS) is 1. The van der Waals surface area contributed by atoms with Gasteiger partial charge in [0.05, 0.1) is 39.6 Å². The Morgan fingerprint density at radius 2 is 1.00 bits per heavy atom. The predicted octanol–water partition coefficient (Wildman–Crippen LogP) is 4.48. The van der Waals surface area contributed by atoms with E-state index < -0.39 is 29.7 Å². The first kappa shape index (κ1) is 59.2. The Labute approximate surface area is 391 Å². The van der Waals surface area contributed by atoms with Gasteiger partial charge in [-0.15, -0.1) is 0 Å². The quantitative estimate of drug-likeness (QED) is 0.0391. The van der Waals surface area contributed by atoms with E-state index in [-0.39, 0.29) is 135 Å². The Hall–Kier alpha value is -4.85. The van der Waals surface area contributed by atoms with Crippen molar-refractivity contribution in [2.24, 2.45) is 0 Å². The first-order valence-corrected chi connectivity index (χ1v) is 23.5. The van der Waals surface area contributed by atoms with Crippen molar-refractivity contribution in [2.75, 3.05) is 79.0 Å². The van der Waals surface area contributed by atoms with Gasteiger partial charge in [0.15, 0.2) is 0 Å². The summed E-state index contributed by atoms with van der Waals surface area (Å²) in [5, 5.41) is 22.0. The average Bonchev–Trinajstić information content (AvgIpc) is 3.27. The van der Waals surface area contributed by atoms with Crippen molar-refractivity contribution in [1.29, 1.82) is 0 Å². The van der Waals surface area contributed by atoms with E-state index in [4.69, 9.17) is 33.5 Å². The molecule has 66 heavy (non-hydrogen) atoms. The van der Waals surface area contributed by atoms with Gasteiger partial charge in [0.1, 0.15) is 31.5 Å². The maximum Gasteiger partial charge on any atom is 0.407 e. The number of benzene rings is 1. The lowest BCUT2D eigenvalue weighted by Crippen LogP contribution is -2.44. The fourth-order valence-corrected chi connectivity index (χ4v) is 6.12. The molecule has 19 heteroatoms. The number of ether oxygens (including phenoxy) is 6. The van der Waals surface area contributed by atoms with Crippen LogP contribution in [0.4, 0.5) is 4.79 Å². The summed E-state index contributed by atoms with van der Waals surface area (Å²) in [6, 6.07) is 8.33. The molecule has 0 heterocycles. The van der Waals surface area contributed by atoms with Gasteiger partial charge in [-0.25, -0.2) is 9.59 Å². The van der Waals surface area contributed by atoms with Gasteiger partial charge in [-0.05, 0) is 45.6 Å². The maximum atomic E-state index is 12.9. The number of hydrogen-bond acceptors (Lipinski definition) is 13. The molecule has 0 aromatic heterocycles. The van der Waals surface area contributed by atoms with Crippen molar-refractivity contribution < 1.29 is 67.1 Å². The van der Waals surface area contributed by atoms with E-state index in [2.05, 4.69) is 26.6 Å². The monoisotopic (exact) mass is 938 g/mol. The number of unbranched alkanes of at least 4 members (excludes halogenated alkanes) is 11. The third-order valence-electron chi connectivity index (χ3n) is 9.51. The third kappa shape index (κ3) is 38.4. The predicted molar refractivity (Wildman–Crippen MR) is 246 cm³/mol. The van der Waals surface area contributed by atoms with E-state index in [0.29, 0.717) is 6.42 Å². The molecule has 1 aromatic carbocycles. The second kappa shape index (κ2) is 39.3. The van der Waals surface area contributed by atoms with Crippen molar-refractivity contribution in [3.8, 4) is 0 Å². The van der Waals surface area contributed by atoms with Gasteiger partial charge >= 0.3 is 18.0 Å². The van der Waals surface area contributed by atoms with Crippen LogP contribution in [0.2, 0.25) is 0 Å². The number of carboxylic acids is 1. The molecule has 0 radical (unpaired) electrons. The van der Waals surface area contributed by atoms with Gasteiger partial charge in [-0.1, -0.05) is 94.5 Å². The number of carbonyl (C=O) groups is 7. The molecule has 0 fully saturated rings. The van der Waals surface area contributed by atoms with Crippen molar-refractivity contribution in [3.63, 3.8) is 0 Å². The van der Waals surface area contributed by atoms with E-state index >= 15 is 0 Å². The molecule has 0 aliphatic carbocycles. The Balaban J connectivity index is 2.03. The lowest BCUT2D eigenvalue weighted by molar-refractivity contribution is -0.159. The minimum Gasteiger partial charge on any atom is -0.481 e. The zero-order valence-corrected chi connectivity index (χ0v) is 39.7. The van der Waals surface area contributed by atoms with Gasteiger partial charge < -0.3 is 60.1 Å². The fraction of sp³-hybridized carbons (Fsp3) is 0.723. The lowest BCUT2D eigenvalue weighted by atomic mass is 10.0. The Morgan fingerprint density at radius 1 is 0.530 bits per heavy atom. The SMILES string of the molecule is CC(C)(C)OC(=O)[C@H](CCC(=O)NCCOCCOCC(=O)NCCOCCOCC(=O)NCCNC(=O)OCc1ccccc1)NC(=O)CCCCCCCCCCCCCCC(=O)O. The number of hydrogen-bond donors (Lipinski definition) is 6. The molecule has 6 N–H and O–H groups in total. The van der Waals surface area contributed by atoms with Crippen LogP contribution in [0.3, 0.4) is 0 Å². The minimum absolute atomic E-state index is 0.00240. The van der Waals surface area contributed by atoms with Gasteiger partial charge in [0, 0.05) is 45.4 Å². The summed E-state index contributed by atoms with van der Waals surface area (Å²) >= 11 is 0. The number of esters is 1. The topological polar surface area (TPSA) is 255 Å². The van der Waals surface area contributed by atoms with Gasteiger partial charge in [-0.2, -0.15) is 0 Å². The van der Waals surface area contributed by atoms with E-state index in [0.717, 1.165) is 56.9 Å². The Morgan fingerprint density at radius 3 is 1.53 bits per heavy atom. The Bertz CT molecular complexity index is 1490. The van der Waals surface area contributed by atoms with Crippen molar-refractivity contribution >= 4 is 41.7 Å².